The zero-order valence-corrected chi connectivity index (χ0v) is 18.4. The van der Waals surface area contributed by atoms with E-state index in [9.17, 15) is 13.2 Å². The molecule has 1 saturated heterocycles. The molecule has 4 rings (SSSR count). The highest BCUT2D eigenvalue weighted by Gasteiger charge is 2.49. The standard InChI is InChI=1S/C23H27NO4S/c1-14-15(2)17(4)22(18(5)16(14)3)29(26,27)24-11-10-23(13-24)12-20(25)19-8-6-7-9-21(19)28-23/h6-9H,10-13H2,1-5H3. The third-order valence-electron chi connectivity index (χ3n) is 6.81. The Labute approximate surface area is 172 Å². The normalized spacial score (nSPS) is 22.0. The van der Waals surface area contributed by atoms with Crippen LogP contribution in [-0.2, 0) is 10.0 Å². The predicted molar refractivity (Wildman–Crippen MR) is 112 cm³/mol. The molecule has 1 fully saturated rings. The van der Waals surface area contributed by atoms with Gasteiger partial charge in [-0.3, -0.25) is 4.79 Å². The molecule has 0 aromatic heterocycles. The number of benzene rings is 2. The van der Waals surface area contributed by atoms with Crippen molar-refractivity contribution in [2.45, 2.75) is 58.0 Å². The van der Waals surface area contributed by atoms with Gasteiger partial charge in [-0.15, -0.1) is 0 Å². The first-order chi connectivity index (χ1) is 13.6. The first-order valence-corrected chi connectivity index (χ1v) is 11.4. The molecule has 0 bridgehead atoms. The lowest BCUT2D eigenvalue weighted by molar-refractivity contribution is 0.0498. The Kier molecular flexibility index (Phi) is 4.63. The summed E-state index contributed by atoms with van der Waals surface area (Å²) in [6.45, 7) is 10.3. The summed E-state index contributed by atoms with van der Waals surface area (Å²) < 4.78 is 35.0. The van der Waals surface area contributed by atoms with Crippen molar-refractivity contribution >= 4 is 15.8 Å². The van der Waals surface area contributed by atoms with Crippen LogP contribution in [0.25, 0.3) is 0 Å². The molecule has 0 saturated carbocycles. The number of fused-ring (bicyclic) bond motifs is 1. The first kappa shape index (κ1) is 20.1. The maximum absolute atomic E-state index is 13.6. The van der Waals surface area contributed by atoms with E-state index in [1.807, 2.05) is 46.8 Å². The van der Waals surface area contributed by atoms with E-state index in [1.54, 1.807) is 12.1 Å². The summed E-state index contributed by atoms with van der Waals surface area (Å²) in [5.74, 6) is 0.567. The second-order valence-electron chi connectivity index (χ2n) is 8.42. The molecule has 29 heavy (non-hydrogen) atoms. The van der Waals surface area contributed by atoms with Crippen LogP contribution in [-0.4, -0.2) is 37.2 Å². The Morgan fingerprint density at radius 2 is 1.52 bits per heavy atom. The minimum atomic E-state index is -3.69. The molecule has 2 aliphatic heterocycles. The van der Waals surface area contributed by atoms with Crippen molar-refractivity contribution in [3.05, 3.63) is 57.6 Å². The number of para-hydroxylation sites is 1. The van der Waals surface area contributed by atoms with Gasteiger partial charge in [0, 0.05) is 13.0 Å². The van der Waals surface area contributed by atoms with Crippen LogP contribution in [0.1, 0.15) is 51.0 Å². The zero-order valence-electron chi connectivity index (χ0n) is 17.6. The number of carbonyl (C=O) groups is 1. The number of hydrogen-bond donors (Lipinski definition) is 0. The SMILES string of the molecule is Cc1c(C)c(C)c(S(=O)(=O)N2CCC3(CC(=O)c4ccccc4O3)C2)c(C)c1C. The fourth-order valence-corrected chi connectivity index (χ4v) is 6.74. The van der Waals surface area contributed by atoms with Crippen molar-refractivity contribution in [2.75, 3.05) is 13.1 Å². The van der Waals surface area contributed by atoms with Gasteiger partial charge in [-0.25, -0.2) is 8.42 Å². The predicted octanol–water partition coefficient (Wildman–Crippen LogP) is 4.03. The highest BCUT2D eigenvalue weighted by Crippen LogP contribution is 2.41. The maximum atomic E-state index is 13.6. The molecule has 0 amide bonds. The molecule has 1 spiro atoms. The minimum absolute atomic E-state index is 0.0143. The third-order valence-corrected chi connectivity index (χ3v) is 8.93. The van der Waals surface area contributed by atoms with Crippen LogP contribution in [0.15, 0.2) is 29.2 Å². The highest BCUT2D eigenvalue weighted by molar-refractivity contribution is 7.89. The van der Waals surface area contributed by atoms with Crippen molar-refractivity contribution < 1.29 is 17.9 Å². The van der Waals surface area contributed by atoms with E-state index < -0.39 is 15.6 Å². The molecule has 5 nitrogen and oxygen atoms in total. The van der Waals surface area contributed by atoms with Crippen molar-refractivity contribution in [3.8, 4) is 5.75 Å². The number of carbonyl (C=O) groups excluding carboxylic acids is 1. The monoisotopic (exact) mass is 413 g/mol. The lowest BCUT2D eigenvalue weighted by atomic mass is 9.89. The molecule has 0 N–H and O–H groups in total. The quantitative estimate of drug-likeness (QED) is 0.746. The molecular formula is C23H27NO4S. The fourth-order valence-electron chi connectivity index (χ4n) is 4.67. The molecule has 0 aliphatic carbocycles. The second-order valence-corrected chi connectivity index (χ2v) is 10.3. The summed E-state index contributed by atoms with van der Waals surface area (Å²) in [7, 11) is -3.69. The van der Waals surface area contributed by atoms with Gasteiger partial charge in [0.1, 0.15) is 11.4 Å². The van der Waals surface area contributed by atoms with Crippen LogP contribution in [0, 0.1) is 34.6 Å². The number of nitrogens with zero attached hydrogens (tertiary/aromatic N) is 1. The Morgan fingerprint density at radius 3 is 2.17 bits per heavy atom. The molecule has 1 unspecified atom stereocenters. The summed E-state index contributed by atoms with van der Waals surface area (Å²) in [4.78, 5) is 13.1. The highest BCUT2D eigenvalue weighted by atomic mass is 32.2. The van der Waals surface area contributed by atoms with Crippen LogP contribution >= 0.6 is 0 Å². The minimum Gasteiger partial charge on any atom is -0.485 e. The largest absolute Gasteiger partial charge is 0.485 e. The zero-order chi connectivity index (χ0) is 21.1. The fraction of sp³-hybridized carbons (Fsp3) is 0.435. The molecular weight excluding hydrogens is 386 g/mol. The first-order valence-electron chi connectivity index (χ1n) is 9.96. The topological polar surface area (TPSA) is 63.7 Å². The molecule has 2 aromatic carbocycles. The number of sulfonamides is 1. The molecule has 1 atom stereocenters. The van der Waals surface area contributed by atoms with E-state index >= 15 is 0 Å². The van der Waals surface area contributed by atoms with E-state index in [1.165, 1.54) is 4.31 Å². The smallest absolute Gasteiger partial charge is 0.243 e. The Bertz CT molecular complexity index is 1110. The average Bonchev–Trinajstić information content (AvgIpc) is 3.08. The summed E-state index contributed by atoms with van der Waals surface area (Å²) >= 11 is 0. The lowest BCUT2D eigenvalue weighted by Gasteiger charge is -2.34. The summed E-state index contributed by atoms with van der Waals surface area (Å²) in [6, 6.07) is 7.20. The van der Waals surface area contributed by atoms with E-state index in [-0.39, 0.29) is 18.7 Å². The van der Waals surface area contributed by atoms with Gasteiger partial charge in [0.05, 0.1) is 23.4 Å². The van der Waals surface area contributed by atoms with Crippen molar-refractivity contribution in [3.63, 3.8) is 0 Å². The van der Waals surface area contributed by atoms with Crippen molar-refractivity contribution in [1.29, 1.82) is 0 Å². The maximum Gasteiger partial charge on any atom is 0.243 e. The van der Waals surface area contributed by atoms with Crippen LogP contribution in [0.2, 0.25) is 0 Å². The Hall–Kier alpha value is -2.18. The van der Waals surface area contributed by atoms with Gasteiger partial charge in [-0.1, -0.05) is 12.1 Å². The Balaban J connectivity index is 1.71. The summed E-state index contributed by atoms with van der Waals surface area (Å²) in [6.07, 6.45) is 0.716. The summed E-state index contributed by atoms with van der Waals surface area (Å²) in [5.41, 5.74) is 4.56. The molecule has 2 aromatic rings. The van der Waals surface area contributed by atoms with E-state index in [2.05, 4.69) is 0 Å². The van der Waals surface area contributed by atoms with Crippen LogP contribution in [0.4, 0.5) is 0 Å². The van der Waals surface area contributed by atoms with E-state index in [0.717, 1.165) is 27.8 Å². The van der Waals surface area contributed by atoms with Crippen LogP contribution < -0.4 is 4.74 Å². The lowest BCUT2D eigenvalue weighted by Crippen LogP contribution is -2.45. The van der Waals surface area contributed by atoms with Gasteiger partial charge in [0.15, 0.2) is 5.78 Å². The molecule has 0 radical (unpaired) electrons. The van der Waals surface area contributed by atoms with Gasteiger partial charge in [-0.2, -0.15) is 4.31 Å². The van der Waals surface area contributed by atoms with Crippen molar-refractivity contribution in [1.82, 2.24) is 4.31 Å². The average molecular weight is 414 g/mol. The van der Waals surface area contributed by atoms with Gasteiger partial charge < -0.3 is 4.74 Å². The van der Waals surface area contributed by atoms with Crippen LogP contribution in [0.5, 0.6) is 5.75 Å². The third kappa shape index (κ3) is 3.01. The summed E-state index contributed by atoms with van der Waals surface area (Å²) in [5, 5.41) is 0. The number of ketones is 1. The van der Waals surface area contributed by atoms with Crippen LogP contribution in [0.3, 0.4) is 0 Å². The molecule has 154 valence electrons. The van der Waals surface area contributed by atoms with E-state index in [0.29, 0.717) is 29.2 Å². The number of Topliss-reactive ketones (excluding diaryl/α,β-unsaturated/α-hetero) is 1. The number of rotatable bonds is 2. The van der Waals surface area contributed by atoms with E-state index in [4.69, 9.17) is 4.74 Å². The van der Waals surface area contributed by atoms with Gasteiger partial charge in [0.2, 0.25) is 10.0 Å². The molecule has 2 aliphatic rings. The Morgan fingerprint density at radius 1 is 0.931 bits per heavy atom. The van der Waals surface area contributed by atoms with Gasteiger partial charge >= 0.3 is 0 Å². The molecule has 2 heterocycles. The number of ether oxygens (including phenoxy) is 1. The van der Waals surface area contributed by atoms with Gasteiger partial charge in [0.25, 0.3) is 0 Å². The van der Waals surface area contributed by atoms with Gasteiger partial charge in [-0.05, 0) is 74.6 Å². The molecule has 6 heteroatoms. The number of hydrogen-bond acceptors (Lipinski definition) is 4. The van der Waals surface area contributed by atoms with Crippen molar-refractivity contribution in [2.24, 2.45) is 0 Å². The second kappa shape index (κ2) is 6.67.